The molecule has 2 N–H and O–H groups in total. The third kappa shape index (κ3) is 1.86. The Morgan fingerprint density at radius 1 is 1.53 bits per heavy atom. The van der Waals surface area contributed by atoms with Crippen molar-refractivity contribution in [3.8, 4) is 11.8 Å². The van der Waals surface area contributed by atoms with Crippen LogP contribution in [0, 0.1) is 17.1 Å². The van der Waals surface area contributed by atoms with Crippen molar-refractivity contribution in [2.45, 2.75) is 0 Å². The first-order chi connectivity index (χ1) is 8.13. The van der Waals surface area contributed by atoms with Gasteiger partial charge in [-0.25, -0.2) is 9.07 Å². The van der Waals surface area contributed by atoms with Crippen molar-refractivity contribution in [3.05, 3.63) is 47.5 Å². The molecule has 2 aromatic rings. The quantitative estimate of drug-likeness (QED) is 0.834. The molecule has 0 spiro atoms. The molecule has 0 bridgehead atoms. The van der Waals surface area contributed by atoms with Crippen LogP contribution >= 0.6 is 0 Å². The molecule has 1 aromatic heterocycles. The van der Waals surface area contributed by atoms with Gasteiger partial charge in [-0.1, -0.05) is 6.07 Å². The fourth-order valence-corrected chi connectivity index (χ4v) is 1.40. The van der Waals surface area contributed by atoms with E-state index in [1.54, 1.807) is 6.07 Å². The van der Waals surface area contributed by atoms with Crippen molar-refractivity contribution in [3.63, 3.8) is 0 Å². The Hall–Kier alpha value is -2.68. The average molecular weight is 230 g/mol. The number of nitrogens with two attached hydrogens (primary N) is 1. The molecule has 1 aromatic carbocycles. The molecule has 0 saturated carbocycles. The molecule has 0 radical (unpaired) electrons. The first-order valence-corrected chi connectivity index (χ1v) is 4.67. The number of aromatic nitrogens is 2. The predicted octanol–water partition coefficient (Wildman–Crippen LogP) is 0.982. The minimum Gasteiger partial charge on any atom is -0.366 e. The molecule has 5 nitrogen and oxygen atoms in total. The van der Waals surface area contributed by atoms with Crippen LogP contribution in [0.5, 0.6) is 0 Å². The average Bonchev–Trinajstić information content (AvgIpc) is 2.77. The van der Waals surface area contributed by atoms with Crippen LogP contribution in [0.3, 0.4) is 0 Å². The zero-order chi connectivity index (χ0) is 12.4. The summed E-state index contributed by atoms with van der Waals surface area (Å²) in [6.07, 6.45) is 2.60. The molecule has 0 fully saturated rings. The van der Waals surface area contributed by atoms with Crippen LogP contribution in [0.25, 0.3) is 5.69 Å². The molecule has 1 amide bonds. The fraction of sp³-hybridized carbons (Fsp3) is 0. The van der Waals surface area contributed by atoms with Crippen LogP contribution in [0.15, 0.2) is 30.6 Å². The topological polar surface area (TPSA) is 84.7 Å². The van der Waals surface area contributed by atoms with Gasteiger partial charge in [0.15, 0.2) is 0 Å². The van der Waals surface area contributed by atoms with E-state index in [4.69, 9.17) is 11.0 Å². The second-order valence-electron chi connectivity index (χ2n) is 3.28. The Balaban J connectivity index is 2.57. The minimum absolute atomic E-state index is 0.133. The van der Waals surface area contributed by atoms with Gasteiger partial charge in [-0.2, -0.15) is 10.4 Å². The number of rotatable bonds is 2. The van der Waals surface area contributed by atoms with Crippen molar-refractivity contribution in [1.29, 1.82) is 5.26 Å². The monoisotopic (exact) mass is 230 g/mol. The van der Waals surface area contributed by atoms with Gasteiger partial charge in [0.05, 0.1) is 17.4 Å². The van der Waals surface area contributed by atoms with Crippen molar-refractivity contribution < 1.29 is 9.18 Å². The van der Waals surface area contributed by atoms with Crippen LogP contribution in [-0.4, -0.2) is 15.7 Å². The van der Waals surface area contributed by atoms with Crippen LogP contribution < -0.4 is 5.73 Å². The van der Waals surface area contributed by atoms with E-state index >= 15 is 0 Å². The highest BCUT2D eigenvalue weighted by Gasteiger charge is 2.11. The van der Waals surface area contributed by atoms with E-state index in [0.717, 1.165) is 0 Å². The highest BCUT2D eigenvalue weighted by atomic mass is 19.1. The summed E-state index contributed by atoms with van der Waals surface area (Å²) in [4.78, 5) is 10.9. The molecule has 0 aliphatic carbocycles. The SMILES string of the molecule is N#Cc1c(F)cccc1-n1cc(C(N)=O)cn1. The lowest BCUT2D eigenvalue weighted by atomic mass is 10.2. The highest BCUT2D eigenvalue weighted by molar-refractivity contribution is 5.92. The Kier molecular flexibility index (Phi) is 2.58. The van der Waals surface area contributed by atoms with Crippen molar-refractivity contribution in [2.24, 2.45) is 5.73 Å². The molecule has 0 aliphatic heterocycles. The Morgan fingerprint density at radius 3 is 2.88 bits per heavy atom. The van der Waals surface area contributed by atoms with E-state index in [1.807, 2.05) is 0 Å². The number of benzene rings is 1. The normalized spacial score (nSPS) is 9.88. The summed E-state index contributed by atoms with van der Waals surface area (Å²) in [5.74, 6) is -1.27. The van der Waals surface area contributed by atoms with E-state index in [1.165, 1.54) is 35.3 Å². The van der Waals surface area contributed by atoms with Gasteiger partial charge in [-0.05, 0) is 12.1 Å². The molecule has 84 valence electrons. The standard InChI is InChI=1S/C11H7FN4O/c12-9-2-1-3-10(8(9)4-13)16-6-7(5-15-16)11(14)17/h1-3,5-6H,(H2,14,17). The van der Waals surface area contributed by atoms with Crippen LogP contribution in [-0.2, 0) is 0 Å². The van der Waals surface area contributed by atoms with Crippen molar-refractivity contribution in [1.82, 2.24) is 9.78 Å². The molecular weight excluding hydrogens is 223 g/mol. The van der Waals surface area contributed by atoms with E-state index in [0.29, 0.717) is 0 Å². The molecule has 1 heterocycles. The maximum absolute atomic E-state index is 13.3. The van der Waals surface area contributed by atoms with Crippen LogP contribution in [0.2, 0.25) is 0 Å². The molecule has 2 rings (SSSR count). The van der Waals surface area contributed by atoms with Gasteiger partial charge in [0.1, 0.15) is 17.4 Å². The van der Waals surface area contributed by atoms with Gasteiger partial charge in [0, 0.05) is 6.20 Å². The fourth-order valence-electron chi connectivity index (χ4n) is 1.40. The van der Waals surface area contributed by atoms with E-state index in [-0.39, 0.29) is 16.8 Å². The second kappa shape index (κ2) is 4.06. The molecule has 0 atom stereocenters. The predicted molar refractivity (Wildman–Crippen MR) is 56.8 cm³/mol. The number of primary amides is 1. The van der Waals surface area contributed by atoms with Gasteiger partial charge >= 0.3 is 0 Å². The molecule has 0 saturated heterocycles. The number of carbonyl (C=O) groups is 1. The second-order valence-corrected chi connectivity index (χ2v) is 3.28. The number of hydrogen-bond acceptors (Lipinski definition) is 3. The zero-order valence-corrected chi connectivity index (χ0v) is 8.59. The number of carbonyl (C=O) groups excluding carboxylic acids is 1. The van der Waals surface area contributed by atoms with Gasteiger partial charge < -0.3 is 5.73 Å². The van der Waals surface area contributed by atoms with Gasteiger partial charge in [-0.3, -0.25) is 4.79 Å². The Labute approximate surface area is 95.9 Å². The van der Waals surface area contributed by atoms with Gasteiger partial charge in [-0.15, -0.1) is 0 Å². The summed E-state index contributed by atoms with van der Waals surface area (Å²) in [6, 6.07) is 5.91. The number of amides is 1. The lowest BCUT2D eigenvalue weighted by Gasteiger charge is -2.03. The number of nitrogens with zero attached hydrogens (tertiary/aromatic N) is 3. The van der Waals surface area contributed by atoms with Crippen LogP contribution in [0.1, 0.15) is 15.9 Å². The largest absolute Gasteiger partial charge is 0.366 e. The Morgan fingerprint density at radius 2 is 2.29 bits per heavy atom. The minimum atomic E-state index is -0.638. The number of halogens is 1. The smallest absolute Gasteiger partial charge is 0.251 e. The van der Waals surface area contributed by atoms with Crippen molar-refractivity contribution >= 4 is 5.91 Å². The molecule has 0 aliphatic rings. The van der Waals surface area contributed by atoms with Crippen molar-refractivity contribution in [2.75, 3.05) is 0 Å². The summed E-state index contributed by atoms with van der Waals surface area (Å²) < 4.78 is 14.6. The molecule has 17 heavy (non-hydrogen) atoms. The molecule has 0 unspecified atom stereocenters. The third-order valence-electron chi connectivity index (χ3n) is 2.22. The third-order valence-corrected chi connectivity index (χ3v) is 2.22. The van der Waals surface area contributed by atoms with Gasteiger partial charge in [0.2, 0.25) is 0 Å². The molecular formula is C11H7FN4O. The highest BCUT2D eigenvalue weighted by Crippen LogP contribution is 2.16. The summed E-state index contributed by atoms with van der Waals surface area (Å²) in [5, 5.41) is 12.7. The number of nitriles is 1. The molecule has 6 heteroatoms. The summed E-state index contributed by atoms with van der Waals surface area (Å²) in [6.45, 7) is 0. The van der Waals surface area contributed by atoms with E-state index in [9.17, 15) is 9.18 Å². The van der Waals surface area contributed by atoms with Crippen LogP contribution in [0.4, 0.5) is 4.39 Å². The lowest BCUT2D eigenvalue weighted by Crippen LogP contribution is -2.09. The summed E-state index contributed by atoms with van der Waals surface area (Å²) in [5.41, 5.74) is 5.40. The maximum atomic E-state index is 13.3. The Bertz CT molecular complexity index is 627. The number of hydrogen-bond donors (Lipinski definition) is 1. The lowest BCUT2D eigenvalue weighted by molar-refractivity contribution is 0.100. The summed E-state index contributed by atoms with van der Waals surface area (Å²) in [7, 11) is 0. The van der Waals surface area contributed by atoms with Gasteiger partial charge in [0.25, 0.3) is 5.91 Å². The zero-order valence-electron chi connectivity index (χ0n) is 8.59. The van der Waals surface area contributed by atoms with E-state index < -0.39 is 11.7 Å². The van der Waals surface area contributed by atoms with E-state index in [2.05, 4.69) is 5.10 Å². The maximum Gasteiger partial charge on any atom is 0.251 e. The summed E-state index contributed by atoms with van der Waals surface area (Å²) >= 11 is 0. The first-order valence-electron chi connectivity index (χ1n) is 4.67. The first kappa shape index (κ1) is 10.8.